The van der Waals surface area contributed by atoms with Crippen molar-refractivity contribution in [2.75, 3.05) is 5.32 Å². The number of pyridine rings is 2. The molecular formula is C25H28F2N6O2. The number of aliphatic hydroxyl groups excluding tert-OH is 1. The summed E-state index contributed by atoms with van der Waals surface area (Å²) >= 11 is 0. The topological polar surface area (TPSA) is 100 Å². The third-order valence-electron chi connectivity index (χ3n) is 6.24. The maximum Gasteiger partial charge on any atom is 0.267 e. The zero-order valence-electron chi connectivity index (χ0n) is 19.6. The Bertz CT molecular complexity index is 1360. The van der Waals surface area contributed by atoms with Crippen molar-refractivity contribution in [3.8, 4) is 22.5 Å². The zero-order chi connectivity index (χ0) is 24.8. The van der Waals surface area contributed by atoms with Gasteiger partial charge in [0.1, 0.15) is 11.5 Å². The third kappa shape index (κ3) is 4.76. The second-order valence-electron chi connectivity index (χ2n) is 9.74. The highest BCUT2D eigenvalue weighted by molar-refractivity contribution is 5.71. The van der Waals surface area contributed by atoms with Crippen molar-refractivity contribution in [1.82, 2.24) is 24.1 Å². The highest BCUT2D eigenvalue weighted by atomic mass is 19.3. The smallest absolute Gasteiger partial charge is 0.267 e. The van der Waals surface area contributed by atoms with E-state index in [-0.39, 0.29) is 13.0 Å². The molecule has 0 amide bonds. The average Bonchev–Trinajstić information content (AvgIpc) is 3.50. The number of hydrogen-bond acceptors (Lipinski definition) is 6. The number of alkyl halides is 2. The summed E-state index contributed by atoms with van der Waals surface area (Å²) < 4.78 is 31.7. The van der Waals surface area contributed by atoms with Gasteiger partial charge < -0.3 is 15.5 Å². The number of imidazole rings is 1. The minimum Gasteiger partial charge on any atom is -0.392 e. The summed E-state index contributed by atoms with van der Waals surface area (Å²) in [6.07, 6.45) is 7.82. The number of aromatic nitrogens is 5. The van der Waals surface area contributed by atoms with Gasteiger partial charge in [-0.05, 0) is 50.5 Å². The van der Waals surface area contributed by atoms with Crippen molar-refractivity contribution in [3.05, 3.63) is 54.6 Å². The molecule has 5 rings (SSSR count). The van der Waals surface area contributed by atoms with Crippen LogP contribution >= 0.6 is 0 Å². The summed E-state index contributed by atoms with van der Waals surface area (Å²) in [6, 6.07) is 6.15. The molecular weight excluding hydrogens is 454 g/mol. The van der Waals surface area contributed by atoms with Gasteiger partial charge in [-0.15, -0.1) is 0 Å². The molecule has 1 fully saturated rings. The molecule has 0 aliphatic heterocycles. The zero-order valence-corrected chi connectivity index (χ0v) is 19.6. The number of rotatable bonds is 7. The Hall–Kier alpha value is -3.37. The molecule has 35 heavy (non-hydrogen) atoms. The van der Waals surface area contributed by atoms with Crippen LogP contribution < -0.4 is 5.32 Å². The molecule has 4 heterocycles. The number of aliphatic hydroxyl groups is 2. The SMILES string of the molecule is CC(C)(O)Cn1cc(-c2cn3c(-c4cccc(NC5CCCC5(F)F)n4)cnc3cc2CO)cn1. The van der Waals surface area contributed by atoms with E-state index >= 15 is 0 Å². The summed E-state index contributed by atoms with van der Waals surface area (Å²) in [5.41, 5.74) is 3.22. The molecule has 1 aliphatic carbocycles. The van der Waals surface area contributed by atoms with Crippen LogP contribution in [0.4, 0.5) is 14.6 Å². The van der Waals surface area contributed by atoms with Gasteiger partial charge in [-0.1, -0.05) is 6.07 Å². The molecule has 0 bridgehead atoms. The molecule has 10 heteroatoms. The van der Waals surface area contributed by atoms with Crippen LogP contribution in [0.15, 0.2) is 49.1 Å². The Morgan fingerprint density at radius 2 is 2.06 bits per heavy atom. The molecule has 1 atom stereocenters. The van der Waals surface area contributed by atoms with E-state index in [9.17, 15) is 19.0 Å². The second kappa shape index (κ2) is 8.69. The summed E-state index contributed by atoms with van der Waals surface area (Å²) in [7, 11) is 0. The second-order valence-corrected chi connectivity index (χ2v) is 9.74. The van der Waals surface area contributed by atoms with Crippen LogP contribution in [0.5, 0.6) is 0 Å². The Kier molecular flexibility index (Phi) is 5.80. The van der Waals surface area contributed by atoms with Gasteiger partial charge in [0.05, 0.1) is 48.6 Å². The lowest BCUT2D eigenvalue weighted by molar-refractivity contribution is -0.000692. The van der Waals surface area contributed by atoms with E-state index in [1.54, 1.807) is 49.1 Å². The summed E-state index contributed by atoms with van der Waals surface area (Å²) in [6.45, 7) is 3.56. The molecule has 3 N–H and O–H groups in total. The Balaban J connectivity index is 1.51. The largest absolute Gasteiger partial charge is 0.392 e. The van der Waals surface area contributed by atoms with Crippen LogP contribution in [0.3, 0.4) is 0 Å². The van der Waals surface area contributed by atoms with Gasteiger partial charge in [0.2, 0.25) is 0 Å². The summed E-state index contributed by atoms with van der Waals surface area (Å²) in [5, 5.41) is 27.3. The van der Waals surface area contributed by atoms with Crippen LogP contribution in [0.25, 0.3) is 28.2 Å². The predicted octanol–water partition coefficient (Wildman–Crippen LogP) is 4.12. The van der Waals surface area contributed by atoms with E-state index in [1.807, 2.05) is 22.9 Å². The summed E-state index contributed by atoms with van der Waals surface area (Å²) in [5.74, 6) is -2.35. The minimum atomic E-state index is -2.74. The lowest BCUT2D eigenvalue weighted by atomic mass is 10.1. The van der Waals surface area contributed by atoms with E-state index in [0.29, 0.717) is 47.8 Å². The molecule has 4 aromatic rings. The Morgan fingerprint density at radius 1 is 1.23 bits per heavy atom. The van der Waals surface area contributed by atoms with Gasteiger partial charge in [0, 0.05) is 29.9 Å². The van der Waals surface area contributed by atoms with Crippen LogP contribution in [-0.2, 0) is 13.2 Å². The molecule has 0 aromatic carbocycles. The number of hydrogen-bond donors (Lipinski definition) is 3. The number of anilines is 1. The van der Waals surface area contributed by atoms with Crippen LogP contribution in [0.2, 0.25) is 0 Å². The van der Waals surface area contributed by atoms with E-state index in [2.05, 4.69) is 20.4 Å². The maximum absolute atomic E-state index is 14.1. The van der Waals surface area contributed by atoms with Crippen molar-refractivity contribution in [2.45, 2.75) is 63.8 Å². The third-order valence-corrected chi connectivity index (χ3v) is 6.24. The number of nitrogens with one attached hydrogen (secondary N) is 1. The molecule has 184 valence electrons. The van der Waals surface area contributed by atoms with Crippen LogP contribution in [-0.4, -0.2) is 51.9 Å². The van der Waals surface area contributed by atoms with Gasteiger partial charge in [-0.3, -0.25) is 9.08 Å². The van der Waals surface area contributed by atoms with E-state index in [0.717, 1.165) is 11.1 Å². The van der Waals surface area contributed by atoms with Crippen LogP contribution in [0, 0.1) is 0 Å². The number of halogens is 2. The fourth-order valence-electron chi connectivity index (χ4n) is 4.57. The first-order valence-electron chi connectivity index (χ1n) is 11.6. The highest BCUT2D eigenvalue weighted by Crippen LogP contribution is 2.37. The van der Waals surface area contributed by atoms with Crippen molar-refractivity contribution < 1.29 is 19.0 Å². The highest BCUT2D eigenvalue weighted by Gasteiger charge is 2.43. The molecule has 1 aliphatic rings. The molecule has 4 aromatic heterocycles. The van der Waals surface area contributed by atoms with Crippen molar-refractivity contribution in [1.29, 1.82) is 0 Å². The van der Waals surface area contributed by atoms with Gasteiger partial charge in [0.15, 0.2) is 0 Å². The summed E-state index contributed by atoms with van der Waals surface area (Å²) in [4.78, 5) is 9.05. The first-order valence-corrected chi connectivity index (χ1v) is 11.6. The van der Waals surface area contributed by atoms with Gasteiger partial charge in [-0.25, -0.2) is 18.7 Å². The van der Waals surface area contributed by atoms with Gasteiger partial charge >= 0.3 is 0 Å². The van der Waals surface area contributed by atoms with E-state index in [1.165, 1.54) is 0 Å². The van der Waals surface area contributed by atoms with Crippen molar-refractivity contribution in [3.63, 3.8) is 0 Å². The molecule has 0 spiro atoms. The molecule has 8 nitrogen and oxygen atoms in total. The number of fused-ring (bicyclic) bond motifs is 1. The molecule has 0 saturated heterocycles. The lowest BCUT2D eigenvalue weighted by Crippen LogP contribution is -2.34. The molecule has 1 saturated carbocycles. The first kappa shape index (κ1) is 23.4. The normalized spacial score (nSPS) is 17.8. The standard InChI is InChI=1S/C25H28F2N6O2/c1-24(2,35)15-32-12-17(10-29-32)18-13-33-20(11-28-23(33)9-16(18)14-34)19-5-3-7-22(30-19)31-21-6-4-8-25(21,26)27/h3,5,7,9-13,21,34-35H,4,6,8,14-15H2,1-2H3,(H,30,31). The number of nitrogens with zero attached hydrogens (tertiary/aromatic N) is 5. The Labute approximate surface area is 201 Å². The lowest BCUT2D eigenvalue weighted by Gasteiger charge is -2.21. The van der Waals surface area contributed by atoms with E-state index in [4.69, 9.17) is 0 Å². The van der Waals surface area contributed by atoms with Gasteiger partial charge in [0.25, 0.3) is 5.92 Å². The van der Waals surface area contributed by atoms with Gasteiger partial charge in [-0.2, -0.15) is 5.10 Å². The predicted molar refractivity (Wildman–Crippen MR) is 128 cm³/mol. The minimum absolute atomic E-state index is 0.111. The fourth-order valence-corrected chi connectivity index (χ4v) is 4.57. The monoisotopic (exact) mass is 482 g/mol. The first-order chi connectivity index (χ1) is 16.6. The van der Waals surface area contributed by atoms with Crippen molar-refractivity contribution >= 4 is 11.5 Å². The maximum atomic E-state index is 14.1. The average molecular weight is 483 g/mol. The van der Waals surface area contributed by atoms with E-state index < -0.39 is 17.6 Å². The quantitative estimate of drug-likeness (QED) is 0.366. The molecule has 0 radical (unpaired) electrons. The fraction of sp³-hybridized carbons (Fsp3) is 0.400. The Morgan fingerprint density at radius 3 is 2.77 bits per heavy atom. The van der Waals surface area contributed by atoms with Crippen LogP contribution in [0.1, 0.15) is 38.7 Å². The van der Waals surface area contributed by atoms with Crippen molar-refractivity contribution in [2.24, 2.45) is 0 Å². The molecule has 1 unspecified atom stereocenters.